The lowest BCUT2D eigenvalue weighted by molar-refractivity contribution is -0.162. The minimum Gasteiger partial charge on any atom is -0.459 e. The first kappa shape index (κ1) is 11.5. The molecular weight excluding hydrogens is 176 g/mol. The lowest BCUT2D eigenvalue weighted by Gasteiger charge is -2.37. The lowest BCUT2D eigenvalue weighted by Crippen LogP contribution is -2.38. The Balaban J connectivity index is 2.61. The molecule has 0 aromatic heterocycles. The van der Waals surface area contributed by atoms with Crippen LogP contribution in [0.3, 0.4) is 0 Å². The smallest absolute Gasteiger partial charge is 0.303 e. The number of hydrogen-bond acceptors (Lipinski definition) is 2. The second kappa shape index (κ2) is 4.81. The molecule has 1 aliphatic rings. The summed E-state index contributed by atoms with van der Waals surface area (Å²) in [5.41, 5.74) is -0.127. The summed E-state index contributed by atoms with van der Waals surface area (Å²) in [6.07, 6.45) is 6.85. The number of ether oxygens (including phenoxy) is 1. The average molecular weight is 198 g/mol. The molecule has 0 amide bonds. The van der Waals surface area contributed by atoms with Gasteiger partial charge in [0, 0.05) is 6.92 Å². The minimum absolute atomic E-state index is 0.118. The van der Waals surface area contributed by atoms with Crippen LogP contribution in [0.25, 0.3) is 0 Å². The van der Waals surface area contributed by atoms with E-state index in [0.29, 0.717) is 5.92 Å². The number of hydrogen-bond donors (Lipinski definition) is 0. The largest absolute Gasteiger partial charge is 0.459 e. The molecule has 0 heterocycles. The highest BCUT2D eigenvalue weighted by molar-refractivity contribution is 5.66. The van der Waals surface area contributed by atoms with E-state index in [1.54, 1.807) is 0 Å². The quantitative estimate of drug-likeness (QED) is 0.650. The molecule has 0 aliphatic heterocycles. The van der Waals surface area contributed by atoms with E-state index in [1.807, 2.05) is 0 Å². The van der Waals surface area contributed by atoms with Gasteiger partial charge in [0.1, 0.15) is 5.60 Å². The summed E-state index contributed by atoms with van der Waals surface area (Å²) in [6.45, 7) is 5.91. The number of carbonyl (C=O) groups is 1. The summed E-state index contributed by atoms with van der Waals surface area (Å²) in [7, 11) is 0. The minimum atomic E-state index is -0.127. The molecule has 1 saturated carbocycles. The Bertz CT molecular complexity index is 190. The Kier molecular flexibility index (Phi) is 3.97. The fourth-order valence-electron chi connectivity index (χ4n) is 2.59. The van der Waals surface area contributed by atoms with Crippen LogP contribution in [-0.4, -0.2) is 11.6 Å². The number of esters is 1. The van der Waals surface area contributed by atoms with Crippen molar-refractivity contribution in [3.05, 3.63) is 0 Å². The van der Waals surface area contributed by atoms with Gasteiger partial charge < -0.3 is 4.74 Å². The van der Waals surface area contributed by atoms with Crippen molar-refractivity contribution in [2.45, 2.75) is 64.9 Å². The molecule has 1 rings (SSSR count). The summed E-state index contributed by atoms with van der Waals surface area (Å²) in [6, 6.07) is 0. The third-order valence-corrected chi connectivity index (χ3v) is 2.91. The zero-order valence-electron chi connectivity index (χ0n) is 9.64. The fraction of sp³-hybridized carbons (Fsp3) is 0.917. The van der Waals surface area contributed by atoms with Gasteiger partial charge in [-0.05, 0) is 38.0 Å². The topological polar surface area (TPSA) is 26.3 Å². The van der Waals surface area contributed by atoms with Crippen molar-refractivity contribution in [3.63, 3.8) is 0 Å². The second-order valence-electron chi connectivity index (χ2n) is 4.94. The van der Waals surface area contributed by atoms with Gasteiger partial charge in [0.25, 0.3) is 0 Å². The molecule has 82 valence electrons. The van der Waals surface area contributed by atoms with Gasteiger partial charge in [-0.25, -0.2) is 0 Å². The van der Waals surface area contributed by atoms with Crippen LogP contribution in [0.2, 0.25) is 0 Å². The molecule has 1 aliphatic carbocycles. The van der Waals surface area contributed by atoms with Crippen LogP contribution in [0.5, 0.6) is 0 Å². The Morgan fingerprint density at radius 2 is 1.86 bits per heavy atom. The first-order valence-electron chi connectivity index (χ1n) is 5.74. The second-order valence-corrected chi connectivity index (χ2v) is 4.94. The van der Waals surface area contributed by atoms with E-state index in [4.69, 9.17) is 4.74 Å². The monoisotopic (exact) mass is 198 g/mol. The Morgan fingerprint density at radius 3 is 2.29 bits per heavy atom. The van der Waals surface area contributed by atoms with Crippen LogP contribution in [0.15, 0.2) is 0 Å². The number of rotatable bonds is 3. The number of carbonyl (C=O) groups excluding carboxylic acids is 1. The lowest BCUT2D eigenvalue weighted by atomic mass is 9.79. The summed E-state index contributed by atoms with van der Waals surface area (Å²) in [5.74, 6) is 0.486. The Hall–Kier alpha value is -0.530. The van der Waals surface area contributed by atoms with Gasteiger partial charge in [-0.2, -0.15) is 0 Å². The van der Waals surface area contributed by atoms with Crippen molar-refractivity contribution in [1.82, 2.24) is 0 Å². The molecule has 0 bridgehead atoms. The van der Waals surface area contributed by atoms with Gasteiger partial charge in [0.05, 0.1) is 0 Å². The molecule has 0 unspecified atom stereocenters. The van der Waals surface area contributed by atoms with Gasteiger partial charge in [0.2, 0.25) is 0 Å². The van der Waals surface area contributed by atoms with Gasteiger partial charge in [-0.3, -0.25) is 4.79 Å². The highest BCUT2D eigenvalue weighted by Gasteiger charge is 2.35. The summed E-state index contributed by atoms with van der Waals surface area (Å²) in [4.78, 5) is 11.1. The van der Waals surface area contributed by atoms with Crippen molar-refractivity contribution in [1.29, 1.82) is 0 Å². The van der Waals surface area contributed by atoms with E-state index >= 15 is 0 Å². The van der Waals surface area contributed by atoms with Gasteiger partial charge in [-0.15, -0.1) is 0 Å². The predicted molar refractivity (Wildman–Crippen MR) is 57.0 cm³/mol. The van der Waals surface area contributed by atoms with Crippen LogP contribution in [0.4, 0.5) is 0 Å². The SMILES string of the molecule is CC(=O)OC1(CC(C)C)CCCCC1. The van der Waals surface area contributed by atoms with E-state index in [9.17, 15) is 4.79 Å². The van der Waals surface area contributed by atoms with E-state index in [1.165, 1.54) is 26.2 Å². The molecule has 2 heteroatoms. The molecule has 0 aromatic rings. The normalized spacial score (nSPS) is 20.9. The van der Waals surface area contributed by atoms with Crippen molar-refractivity contribution in [2.75, 3.05) is 0 Å². The van der Waals surface area contributed by atoms with Crippen molar-refractivity contribution < 1.29 is 9.53 Å². The molecule has 14 heavy (non-hydrogen) atoms. The highest BCUT2D eigenvalue weighted by atomic mass is 16.6. The third-order valence-electron chi connectivity index (χ3n) is 2.91. The maximum atomic E-state index is 11.1. The molecule has 0 radical (unpaired) electrons. The van der Waals surface area contributed by atoms with Gasteiger partial charge in [-0.1, -0.05) is 20.3 Å². The molecule has 0 atom stereocenters. The zero-order chi connectivity index (χ0) is 10.6. The van der Waals surface area contributed by atoms with E-state index in [2.05, 4.69) is 13.8 Å². The predicted octanol–water partition coefficient (Wildman–Crippen LogP) is 3.30. The molecular formula is C12H22O2. The van der Waals surface area contributed by atoms with Crippen LogP contribution in [0, 0.1) is 5.92 Å². The van der Waals surface area contributed by atoms with Crippen molar-refractivity contribution in [3.8, 4) is 0 Å². The van der Waals surface area contributed by atoms with Crippen LogP contribution >= 0.6 is 0 Å². The standard InChI is InChI=1S/C12H22O2/c1-10(2)9-12(14-11(3)13)7-5-4-6-8-12/h10H,4-9H2,1-3H3. The summed E-state index contributed by atoms with van der Waals surface area (Å²) in [5, 5.41) is 0. The van der Waals surface area contributed by atoms with Crippen LogP contribution in [-0.2, 0) is 9.53 Å². The van der Waals surface area contributed by atoms with Gasteiger partial charge >= 0.3 is 5.97 Å². The molecule has 0 N–H and O–H groups in total. The summed E-state index contributed by atoms with van der Waals surface area (Å²) < 4.78 is 5.55. The Morgan fingerprint density at radius 1 is 1.29 bits per heavy atom. The highest BCUT2D eigenvalue weighted by Crippen LogP contribution is 2.36. The first-order valence-corrected chi connectivity index (χ1v) is 5.74. The molecule has 2 nitrogen and oxygen atoms in total. The fourth-order valence-corrected chi connectivity index (χ4v) is 2.59. The molecule has 0 saturated heterocycles. The summed E-state index contributed by atoms with van der Waals surface area (Å²) >= 11 is 0. The third kappa shape index (κ3) is 3.32. The van der Waals surface area contributed by atoms with E-state index < -0.39 is 0 Å². The maximum absolute atomic E-state index is 11.1. The Labute approximate surface area is 87.0 Å². The first-order chi connectivity index (χ1) is 6.54. The molecule has 1 fully saturated rings. The maximum Gasteiger partial charge on any atom is 0.303 e. The van der Waals surface area contributed by atoms with Crippen molar-refractivity contribution >= 4 is 5.97 Å². The molecule has 0 aromatic carbocycles. The van der Waals surface area contributed by atoms with E-state index in [-0.39, 0.29) is 11.6 Å². The zero-order valence-corrected chi connectivity index (χ0v) is 9.64. The van der Waals surface area contributed by atoms with Crippen LogP contribution in [0.1, 0.15) is 59.3 Å². The van der Waals surface area contributed by atoms with E-state index in [0.717, 1.165) is 19.3 Å². The van der Waals surface area contributed by atoms with Gasteiger partial charge in [0.15, 0.2) is 0 Å². The molecule has 0 spiro atoms. The van der Waals surface area contributed by atoms with Crippen LogP contribution < -0.4 is 0 Å². The van der Waals surface area contributed by atoms with Crippen molar-refractivity contribution in [2.24, 2.45) is 5.92 Å². The average Bonchev–Trinajstić information content (AvgIpc) is 2.01.